The summed E-state index contributed by atoms with van der Waals surface area (Å²) < 4.78 is 4.13. The molecular weight excluding hydrogens is 174 g/mol. The Balaban J connectivity index is 2.35. The second-order valence-corrected chi connectivity index (χ2v) is 2.96. The molecule has 0 unspecified atom stereocenters. The molecule has 0 aromatic carbocycles. The molecule has 12 heavy (non-hydrogen) atoms. The van der Waals surface area contributed by atoms with Crippen LogP contribution in [0.5, 0.6) is 0 Å². The van der Waals surface area contributed by atoms with Crippen molar-refractivity contribution in [2.75, 3.05) is 0 Å². The van der Waals surface area contributed by atoms with Crippen LogP contribution < -0.4 is 0 Å². The normalized spacial score (nSPS) is 10.4. The van der Waals surface area contributed by atoms with E-state index in [4.69, 9.17) is 0 Å². The number of H-pyrrole nitrogens is 1. The second kappa shape index (κ2) is 2.98. The molecule has 2 rings (SSSR count). The third-order valence-corrected chi connectivity index (χ3v) is 2.16. The average molecular weight is 181 g/mol. The fourth-order valence-electron chi connectivity index (χ4n) is 0.802. The highest BCUT2D eigenvalue weighted by atomic mass is 32.1. The molecule has 0 bridgehead atoms. The molecule has 0 aliphatic heterocycles. The first-order chi connectivity index (χ1) is 5.90. The number of nitrogens with one attached hydrogen (secondary N) is 1. The minimum atomic E-state index is 0.687. The Morgan fingerprint density at radius 3 is 3.08 bits per heavy atom. The summed E-state index contributed by atoms with van der Waals surface area (Å²) in [6.07, 6.45) is 2.31. The SMILES string of the molecule is CCc1nsc(-c2ncn[nH]2)n1. The molecule has 0 saturated heterocycles. The van der Waals surface area contributed by atoms with Gasteiger partial charge in [-0.1, -0.05) is 6.92 Å². The largest absolute Gasteiger partial charge is 0.257 e. The summed E-state index contributed by atoms with van der Waals surface area (Å²) in [5.41, 5.74) is 0. The predicted molar refractivity (Wildman–Crippen MR) is 44.7 cm³/mol. The second-order valence-electron chi connectivity index (χ2n) is 2.20. The number of hydrogen-bond donors (Lipinski definition) is 1. The van der Waals surface area contributed by atoms with E-state index >= 15 is 0 Å². The van der Waals surface area contributed by atoms with Gasteiger partial charge >= 0.3 is 0 Å². The van der Waals surface area contributed by atoms with E-state index in [1.54, 1.807) is 0 Å². The van der Waals surface area contributed by atoms with Gasteiger partial charge in [0.05, 0.1) is 0 Å². The third kappa shape index (κ3) is 1.20. The summed E-state index contributed by atoms with van der Waals surface area (Å²) in [7, 11) is 0. The number of aromatic amines is 1. The van der Waals surface area contributed by atoms with E-state index < -0.39 is 0 Å². The maximum absolute atomic E-state index is 4.24. The molecule has 0 aliphatic carbocycles. The number of nitrogens with zero attached hydrogens (tertiary/aromatic N) is 4. The summed E-state index contributed by atoms with van der Waals surface area (Å²) in [6.45, 7) is 2.02. The molecule has 2 aromatic heterocycles. The summed E-state index contributed by atoms with van der Waals surface area (Å²) >= 11 is 1.34. The average Bonchev–Trinajstić information content (AvgIpc) is 2.75. The molecule has 62 valence electrons. The summed E-state index contributed by atoms with van der Waals surface area (Å²) in [6, 6.07) is 0. The van der Waals surface area contributed by atoms with Gasteiger partial charge in [-0.25, -0.2) is 9.97 Å². The quantitative estimate of drug-likeness (QED) is 0.747. The number of rotatable bonds is 2. The van der Waals surface area contributed by atoms with Gasteiger partial charge in [0, 0.05) is 6.42 Å². The predicted octanol–water partition coefficient (Wildman–Crippen LogP) is 0.886. The van der Waals surface area contributed by atoms with Crippen LogP contribution in [-0.4, -0.2) is 24.5 Å². The fourth-order valence-corrected chi connectivity index (χ4v) is 1.50. The summed E-state index contributed by atoms with van der Waals surface area (Å²) in [5.74, 6) is 1.54. The van der Waals surface area contributed by atoms with Gasteiger partial charge in [0.25, 0.3) is 0 Å². The zero-order valence-electron chi connectivity index (χ0n) is 6.48. The van der Waals surface area contributed by atoms with Crippen LogP contribution in [0.3, 0.4) is 0 Å². The molecule has 2 aromatic rings. The van der Waals surface area contributed by atoms with E-state index in [0.29, 0.717) is 5.82 Å². The topological polar surface area (TPSA) is 67.3 Å². The maximum atomic E-state index is 4.24. The van der Waals surface area contributed by atoms with Gasteiger partial charge in [0.1, 0.15) is 12.2 Å². The van der Waals surface area contributed by atoms with Crippen LogP contribution in [0.2, 0.25) is 0 Å². The summed E-state index contributed by atoms with van der Waals surface area (Å²) in [4.78, 5) is 8.22. The van der Waals surface area contributed by atoms with Crippen LogP contribution in [0.1, 0.15) is 12.7 Å². The van der Waals surface area contributed by atoms with Gasteiger partial charge < -0.3 is 0 Å². The van der Waals surface area contributed by atoms with Crippen molar-refractivity contribution in [3.63, 3.8) is 0 Å². The molecule has 0 saturated carbocycles. The van der Waals surface area contributed by atoms with E-state index in [-0.39, 0.29) is 0 Å². The van der Waals surface area contributed by atoms with Crippen molar-refractivity contribution in [3.8, 4) is 10.8 Å². The fraction of sp³-hybridized carbons (Fsp3) is 0.333. The van der Waals surface area contributed by atoms with Gasteiger partial charge in [-0.05, 0) is 11.5 Å². The van der Waals surface area contributed by atoms with Crippen molar-refractivity contribution in [1.29, 1.82) is 0 Å². The van der Waals surface area contributed by atoms with Crippen LogP contribution in [0.15, 0.2) is 6.33 Å². The van der Waals surface area contributed by atoms with Crippen LogP contribution in [0, 0.1) is 0 Å². The van der Waals surface area contributed by atoms with Crippen LogP contribution in [-0.2, 0) is 6.42 Å². The van der Waals surface area contributed by atoms with Crippen molar-refractivity contribution in [2.45, 2.75) is 13.3 Å². The Morgan fingerprint density at radius 2 is 2.50 bits per heavy atom. The minimum absolute atomic E-state index is 0.687. The molecule has 5 nitrogen and oxygen atoms in total. The van der Waals surface area contributed by atoms with Crippen molar-refractivity contribution in [3.05, 3.63) is 12.2 Å². The molecule has 0 fully saturated rings. The lowest BCUT2D eigenvalue weighted by molar-refractivity contribution is 0.995. The van der Waals surface area contributed by atoms with Gasteiger partial charge in [-0.3, -0.25) is 5.10 Å². The van der Waals surface area contributed by atoms with E-state index in [1.165, 1.54) is 17.9 Å². The molecule has 0 atom stereocenters. The highest BCUT2D eigenvalue weighted by Gasteiger charge is 2.06. The maximum Gasteiger partial charge on any atom is 0.186 e. The Morgan fingerprint density at radius 1 is 1.58 bits per heavy atom. The first-order valence-electron chi connectivity index (χ1n) is 3.58. The monoisotopic (exact) mass is 181 g/mol. The van der Waals surface area contributed by atoms with Crippen LogP contribution in [0.25, 0.3) is 10.8 Å². The molecule has 1 N–H and O–H groups in total. The molecule has 0 amide bonds. The molecule has 2 heterocycles. The number of aromatic nitrogens is 5. The number of hydrogen-bond acceptors (Lipinski definition) is 5. The number of aryl methyl sites for hydroxylation is 1. The van der Waals surface area contributed by atoms with E-state index in [0.717, 1.165) is 17.3 Å². The Kier molecular flexibility index (Phi) is 1.83. The van der Waals surface area contributed by atoms with Crippen LogP contribution >= 0.6 is 11.5 Å². The van der Waals surface area contributed by atoms with Crippen LogP contribution in [0.4, 0.5) is 0 Å². The van der Waals surface area contributed by atoms with E-state index in [9.17, 15) is 0 Å². The molecule has 0 radical (unpaired) electrons. The molecule has 0 aliphatic rings. The van der Waals surface area contributed by atoms with Gasteiger partial charge in [0.15, 0.2) is 10.8 Å². The molecular formula is C6H7N5S. The van der Waals surface area contributed by atoms with Crippen molar-refractivity contribution >= 4 is 11.5 Å². The third-order valence-electron chi connectivity index (χ3n) is 1.40. The molecule has 6 heteroatoms. The standard InChI is InChI=1S/C6H7N5S/c1-2-4-9-6(12-11-4)5-7-3-8-10-5/h3H,2H2,1H3,(H,7,8,10). The van der Waals surface area contributed by atoms with Gasteiger partial charge in [0.2, 0.25) is 0 Å². The Bertz CT molecular complexity index is 352. The lowest BCUT2D eigenvalue weighted by atomic mass is 10.5. The Hall–Kier alpha value is -1.30. The molecule has 0 spiro atoms. The smallest absolute Gasteiger partial charge is 0.186 e. The van der Waals surface area contributed by atoms with Crippen molar-refractivity contribution < 1.29 is 0 Å². The van der Waals surface area contributed by atoms with Gasteiger partial charge in [-0.15, -0.1) is 0 Å². The minimum Gasteiger partial charge on any atom is -0.257 e. The summed E-state index contributed by atoms with van der Waals surface area (Å²) in [5, 5.41) is 7.27. The highest BCUT2D eigenvalue weighted by Crippen LogP contribution is 2.15. The van der Waals surface area contributed by atoms with E-state index in [1.807, 2.05) is 6.92 Å². The Labute approximate surface area is 73.1 Å². The lowest BCUT2D eigenvalue weighted by Gasteiger charge is -1.83. The van der Waals surface area contributed by atoms with Crippen molar-refractivity contribution in [1.82, 2.24) is 24.5 Å². The first kappa shape index (κ1) is 7.35. The zero-order chi connectivity index (χ0) is 8.39. The highest BCUT2D eigenvalue weighted by molar-refractivity contribution is 7.09. The zero-order valence-corrected chi connectivity index (χ0v) is 7.30. The van der Waals surface area contributed by atoms with Crippen molar-refractivity contribution in [2.24, 2.45) is 0 Å². The van der Waals surface area contributed by atoms with Gasteiger partial charge in [-0.2, -0.15) is 9.47 Å². The van der Waals surface area contributed by atoms with E-state index in [2.05, 4.69) is 24.5 Å². The first-order valence-corrected chi connectivity index (χ1v) is 4.36. The lowest BCUT2D eigenvalue weighted by Crippen LogP contribution is -1.83.